The van der Waals surface area contributed by atoms with Crippen LogP contribution in [0.3, 0.4) is 0 Å². The summed E-state index contributed by atoms with van der Waals surface area (Å²) in [6.07, 6.45) is 0. The van der Waals surface area contributed by atoms with Crippen molar-refractivity contribution in [3.05, 3.63) is 63.9 Å². The van der Waals surface area contributed by atoms with Crippen molar-refractivity contribution in [3.63, 3.8) is 0 Å². The Bertz CT molecular complexity index is 717. The third-order valence-electron chi connectivity index (χ3n) is 2.89. The quantitative estimate of drug-likeness (QED) is 0.498. The third kappa shape index (κ3) is 3.46. The van der Waals surface area contributed by atoms with Gasteiger partial charge in [-0.2, -0.15) is 0 Å². The molecule has 2 rings (SSSR count). The molecule has 2 aromatic carbocycles. The number of hydrogen-bond acceptors (Lipinski definition) is 3. The molecule has 4 nitrogen and oxygen atoms in total. The number of hydrogen-bond donors (Lipinski definition) is 2. The Morgan fingerprint density at radius 1 is 1.24 bits per heavy atom. The second kappa shape index (κ2) is 6.49. The van der Waals surface area contributed by atoms with E-state index in [4.69, 9.17) is 5.21 Å². The van der Waals surface area contributed by atoms with Crippen LogP contribution in [0.15, 0.2) is 52.1 Å². The van der Waals surface area contributed by atoms with Crippen molar-refractivity contribution in [3.8, 4) is 0 Å². The molecule has 0 atom stereocenters. The molecule has 2 aromatic rings. The lowest BCUT2D eigenvalue weighted by Gasteiger charge is -2.10. The van der Waals surface area contributed by atoms with E-state index in [1.54, 1.807) is 37.3 Å². The maximum atomic E-state index is 13.8. The summed E-state index contributed by atoms with van der Waals surface area (Å²) in [4.78, 5) is 12.1. The van der Waals surface area contributed by atoms with Gasteiger partial charge in [-0.25, -0.2) is 4.39 Å². The SMILES string of the molecule is C/C(=N\O)c1ccccc1NC(=O)c1ccc(Br)cc1F. The molecular weight excluding hydrogens is 339 g/mol. The second-order valence-electron chi connectivity index (χ2n) is 4.31. The van der Waals surface area contributed by atoms with Gasteiger partial charge in [0.15, 0.2) is 0 Å². The number of oxime groups is 1. The number of para-hydroxylation sites is 1. The molecule has 21 heavy (non-hydrogen) atoms. The highest BCUT2D eigenvalue weighted by atomic mass is 79.9. The summed E-state index contributed by atoms with van der Waals surface area (Å²) in [5.74, 6) is -1.19. The Kier molecular flexibility index (Phi) is 4.70. The molecule has 6 heteroatoms. The van der Waals surface area contributed by atoms with E-state index in [2.05, 4.69) is 26.4 Å². The molecule has 0 aromatic heterocycles. The van der Waals surface area contributed by atoms with Gasteiger partial charge in [0.2, 0.25) is 0 Å². The van der Waals surface area contributed by atoms with Crippen molar-refractivity contribution in [1.29, 1.82) is 0 Å². The molecule has 0 fully saturated rings. The Hall–Kier alpha value is -2.21. The van der Waals surface area contributed by atoms with E-state index in [1.807, 2.05) is 0 Å². The summed E-state index contributed by atoms with van der Waals surface area (Å²) in [5.41, 5.74) is 1.29. The molecule has 0 radical (unpaired) electrons. The first-order chi connectivity index (χ1) is 10.0. The minimum absolute atomic E-state index is 0.0633. The van der Waals surface area contributed by atoms with E-state index >= 15 is 0 Å². The molecule has 0 spiro atoms. The molecule has 0 aliphatic carbocycles. The van der Waals surface area contributed by atoms with Gasteiger partial charge in [-0.1, -0.05) is 39.3 Å². The fourth-order valence-electron chi connectivity index (χ4n) is 1.82. The summed E-state index contributed by atoms with van der Waals surface area (Å²) in [6.45, 7) is 1.60. The minimum atomic E-state index is -0.619. The molecule has 0 heterocycles. The molecule has 2 N–H and O–H groups in total. The van der Waals surface area contributed by atoms with Crippen LogP contribution >= 0.6 is 15.9 Å². The Morgan fingerprint density at radius 2 is 1.95 bits per heavy atom. The average Bonchev–Trinajstić information content (AvgIpc) is 2.46. The van der Waals surface area contributed by atoms with E-state index < -0.39 is 11.7 Å². The van der Waals surface area contributed by atoms with Crippen LogP contribution in [-0.2, 0) is 0 Å². The van der Waals surface area contributed by atoms with Crippen LogP contribution in [0.2, 0.25) is 0 Å². The van der Waals surface area contributed by atoms with Gasteiger partial charge in [0, 0.05) is 10.0 Å². The zero-order valence-electron chi connectivity index (χ0n) is 11.1. The topological polar surface area (TPSA) is 61.7 Å². The largest absolute Gasteiger partial charge is 0.411 e. The number of anilines is 1. The summed E-state index contributed by atoms with van der Waals surface area (Å²) in [5, 5.41) is 14.6. The lowest BCUT2D eigenvalue weighted by atomic mass is 10.1. The van der Waals surface area contributed by atoms with Gasteiger partial charge < -0.3 is 10.5 Å². The van der Waals surface area contributed by atoms with Crippen LogP contribution in [-0.4, -0.2) is 16.8 Å². The zero-order chi connectivity index (χ0) is 15.4. The maximum Gasteiger partial charge on any atom is 0.258 e. The van der Waals surface area contributed by atoms with Gasteiger partial charge >= 0.3 is 0 Å². The van der Waals surface area contributed by atoms with Crippen LogP contribution < -0.4 is 5.32 Å². The highest BCUT2D eigenvalue weighted by molar-refractivity contribution is 9.10. The minimum Gasteiger partial charge on any atom is -0.411 e. The number of carbonyl (C=O) groups excluding carboxylic acids is 1. The van der Waals surface area contributed by atoms with Gasteiger partial charge in [-0.3, -0.25) is 4.79 Å². The molecule has 1 amide bonds. The number of amides is 1. The van der Waals surface area contributed by atoms with E-state index in [1.165, 1.54) is 12.1 Å². The van der Waals surface area contributed by atoms with Crippen molar-refractivity contribution < 1.29 is 14.4 Å². The molecule has 0 saturated heterocycles. The standard InChI is InChI=1S/C15H12BrFN2O2/c1-9(19-21)11-4-2-3-5-14(11)18-15(20)12-7-6-10(16)8-13(12)17/h2-8,21H,1H3,(H,18,20)/b19-9+. The number of nitrogens with zero attached hydrogens (tertiary/aromatic N) is 1. The van der Waals surface area contributed by atoms with E-state index in [9.17, 15) is 9.18 Å². The fraction of sp³-hybridized carbons (Fsp3) is 0.0667. The van der Waals surface area contributed by atoms with Gasteiger partial charge in [0.1, 0.15) is 5.82 Å². The molecule has 0 aliphatic rings. The third-order valence-corrected chi connectivity index (χ3v) is 3.38. The molecule has 108 valence electrons. The van der Waals surface area contributed by atoms with Crippen LogP contribution in [0.1, 0.15) is 22.8 Å². The average molecular weight is 351 g/mol. The molecular formula is C15H12BrFN2O2. The molecule has 0 bridgehead atoms. The fourth-order valence-corrected chi connectivity index (χ4v) is 2.16. The Morgan fingerprint density at radius 3 is 2.62 bits per heavy atom. The van der Waals surface area contributed by atoms with Gasteiger partial charge in [0.05, 0.1) is 17.0 Å². The molecule has 0 saturated carbocycles. The van der Waals surface area contributed by atoms with Crippen molar-refractivity contribution in [2.75, 3.05) is 5.32 Å². The van der Waals surface area contributed by atoms with E-state index in [-0.39, 0.29) is 5.56 Å². The second-order valence-corrected chi connectivity index (χ2v) is 5.22. The van der Waals surface area contributed by atoms with Crippen molar-refractivity contribution in [1.82, 2.24) is 0 Å². The van der Waals surface area contributed by atoms with Crippen molar-refractivity contribution in [2.45, 2.75) is 6.92 Å². The number of benzene rings is 2. The van der Waals surface area contributed by atoms with Crippen LogP contribution in [0.25, 0.3) is 0 Å². The summed E-state index contributed by atoms with van der Waals surface area (Å²) in [7, 11) is 0. The first kappa shape index (κ1) is 15.2. The smallest absolute Gasteiger partial charge is 0.258 e. The number of halogens is 2. The predicted octanol–water partition coefficient (Wildman–Crippen LogP) is 4.04. The predicted molar refractivity (Wildman–Crippen MR) is 82.5 cm³/mol. The first-order valence-electron chi connectivity index (χ1n) is 6.07. The highest BCUT2D eigenvalue weighted by Gasteiger charge is 2.14. The maximum absolute atomic E-state index is 13.8. The van der Waals surface area contributed by atoms with E-state index in [0.29, 0.717) is 21.4 Å². The monoisotopic (exact) mass is 350 g/mol. The normalized spacial score (nSPS) is 11.3. The summed E-state index contributed by atoms with van der Waals surface area (Å²) in [6, 6.07) is 11.0. The van der Waals surface area contributed by atoms with E-state index in [0.717, 1.165) is 0 Å². The van der Waals surface area contributed by atoms with Crippen LogP contribution in [0.4, 0.5) is 10.1 Å². The summed E-state index contributed by atoms with van der Waals surface area (Å²) >= 11 is 3.14. The lowest BCUT2D eigenvalue weighted by molar-refractivity contribution is 0.102. The van der Waals surface area contributed by atoms with Crippen molar-refractivity contribution >= 4 is 33.2 Å². The number of carbonyl (C=O) groups is 1. The molecule has 0 unspecified atom stereocenters. The highest BCUT2D eigenvalue weighted by Crippen LogP contribution is 2.20. The van der Waals surface area contributed by atoms with Gasteiger partial charge in [-0.05, 0) is 31.2 Å². The van der Waals surface area contributed by atoms with Crippen molar-refractivity contribution in [2.24, 2.45) is 5.16 Å². The Labute approximate surface area is 129 Å². The lowest BCUT2D eigenvalue weighted by Crippen LogP contribution is -2.16. The van der Waals surface area contributed by atoms with Gasteiger partial charge in [-0.15, -0.1) is 0 Å². The number of nitrogens with one attached hydrogen (secondary N) is 1. The van der Waals surface area contributed by atoms with Crippen LogP contribution in [0, 0.1) is 5.82 Å². The number of rotatable bonds is 3. The first-order valence-corrected chi connectivity index (χ1v) is 6.86. The molecule has 0 aliphatic heterocycles. The van der Waals surface area contributed by atoms with Crippen LogP contribution in [0.5, 0.6) is 0 Å². The Balaban J connectivity index is 2.32. The van der Waals surface area contributed by atoms with Gasteiger partial charge in [0.25, 0.3) is 5.91 Å². The zero-order valence-corrected chi connectivity index (χ0v) is 12.7. The summed E-state index contributed by atoms with van der Waals surface area (Å²) < 4.78 is 14.3.